The molecule has 2 amide bonds. The van der Waals surface area contributed by atoms with E-state index in [1.165, 1.54) is 17.0 Å². The van der Waals surface area contributed by atoms with Crippen LogP contribution in [0, 0.1) is 11.7 Å². The smallest absolute Gasteiger partial charge is 0.269 e. The number of H-pyrrole nitrogens is 1. The number of carbonyl (C=O) groups excluding carboxylic acids is 2. The fourth-order valence-electron chi connectivity index (χ4n) is 2.38. The van der Waals surface area contributed by atoms with Crippen LogP contribution in [0.25, 0.3) is 0 Å². The summed E-state index contributed by atoms with van der Waals surface area (Å²) >= 11 is 0. The van der Waals surface area contributed by atoms with E-state index in [9.17, 15) is 14.0 Å². The van der Waals surface area contributed by atoms with Gasteiger partial charge in [-0.15, -0.1) is 5.10 Å². The molecule has 0 saturated carbocycles. The molecule has 2 heterocycles. The molecule has 22 heavy (non-hydrogen) atoms. The Morgan fingerprint density at radius 3 is 3.09 bits per heavy atom. The zero-order chi connectivity index (χ0) is 15.5. The Labute approximate surface area is 124 Å². The van der Waals surface area contributed by atoms with E-state index in [0.29, 0.717) is 5.56 Å². The van der Waals surface area contributed by atoms with Crippen LogP contribution in [0.15, 0.2) is 24.3 Å². The highest BCUT2D eigenvalue weighted by Crippen LogP contribution is 2.21. The number of rotatable bonds is 4. The third-order valence-electron chi connectivity index (χ3n) is 3.43. The number of nitrogens with zero attached hydrogens (tertiary/aromatic N) is 4. The fraction of sp³-hybridized carbons (Fsp3) is 0.308. The second-order valence-electron chi connectivity index (χ2n) is 5.03. The minimum absolute atomic E-state index is 0.0704. The zero-order valence-corrected chi connectivity index (χ0v) is 11.5. The molecule has 0 aliphatic carbocycles. The monoisotopic (exact) mass is 304 g/mol. The quantitative estimate of drug-likeness (QED) is 0.847. The number of anilines is 1. The zero-order valence-electron chi connectivity index (χ0n) is 11.5. The van der Waals surface area contributed by atoms with Crippen LogP contribution in [0.4, 0.5) is 10.3 Å². The summed E-state index contributed by atoms with van der Waals surface area (Å²) in [5.41, 5.74) is 0.688. The molecule has 1 aromatic heterocycles. The molecule has 2 aromatic rings. The van der Waals surface area contributed by atoms with Gasteiger partial charge in [0.25, 0.3) is 5.95 Å². The number of likely N-dealkylation sites (tertiary alicyclic amines) is 1. The van der Waals surface area contributed by atoms with E-state index in [-0.39, 0.29) is 43.1 Å². The van der Waals surface area contributed by atoms with E-state index >= 15 is 0 Å². The third kappa shape index (κ3) is 3.08. The summed E-state index contributed by atoms with van der Waals surface area (Å²) in [6.45, 7) is 0.557. The van der Waals surface area contributed by atoms with E-state index in [1.54, 1.807) is 12.1 Å². The van der Waals surface area contributed by atoms with Crippen LogP contribution in [0.3, 0.4) is 0 Å². The number of carbonyl (C=O) groups is 2. The topological polar surface area (TPSA) is 104 Å². The Hall–Kier alpha value is -2.84. The lowest BCUT2D eigenvalue weighted by Crippen LogP contribution is -2.28. The van der Waals surface area contributed by atoms with Gasteiger partial charge >= 0.3 is 0 Å². The SMILES string of the molecule is O=C(Nc1nn[nH]n1)[C@@H]1CC(=O)N(Cc2cccc(F)c2)C1. The van der Waals surface area contributed by atoms with Crippen LogP contribution in [0.5, 0.6) is 0 Å². The average Bonchev–Trinajstić information content (AvgIpc) is 3.10. The van der Waals surface area contributed by atoms with Gasteiger partial charge in [-0.05, 0) is 22.9 Å². The minimum atomic E-state index is -0.487. The molecule has 3 rings (SSSR count). The average molecular weight is 304 g/mol. The molecule has 1 aliphatic heterocycles. The van der Waals surface area contributed by atoms with Gasteiger partial charge in [0.2, 0.25) is 11.8 Å². The van der Waals surface area contributed by atoms with Crippen LogP contribution in [-0.4, -0.2) is 43.9 Å². The molecule has 0 radical (unpaired) electrons. The van der Waals surface area contributed by atoms with Gasteiger partial charge in [0, 0.05) is 19.5 Å². The number of tetrazole rings is 1. The summed E-state index contributed by atoms with van der Waals surface area (Å²) < 4.78 is 13.2. The van der Waals surface area contributed by atoms with Gasteiger partial charge in [-0.2, -0.15) is 5.21 Å². The lowest BCUT2D eigenvalue weighted by atomic mass is 10.1. The van der Waals surface area contributed by atoms with E-state index in [4.69, 9.17) is 0 Å². The molecule has 1 saturated heterocycles. The summed E-state index contributed by atoms with van der Waals surface area (Å²) in [6.07, 6.45) is 0.110. The summed E-state index contributed by atoms with van der Waals surface area (Å²) in [4.78, 5) is 25.6. The first kappa shape index (κ1) is 14.1. The number of halogens is 1. The molecule has 114 valence electrons. The highest BCUT2D eigenvalue weighted by molar-refractivity contribution is 5.96. The van der Waals surface area contributed by atoms with Crippen LogP contribution in [-0.2, 0) is 16.1 Å². The van der Waals surface area contributed by atoms with E-state index in [2.05, 4.69) is 25.9 Å². The lowest BCUT2D eigenvalue weighted by Gasteiger charge is -2.16. The third-order valence-corrected chi connectivity index (χ3v) is 3.43. The maximum absolute atomic E-state index is 13.2. The molecule has 1 atom stereocenters. The Morgan fingerprint density at radius 2 is 2.36 bits per heavy atom. The van der Waals surface area contributed by atoms with Crippen molar-refractivity contribution in [3.8, 4) is 0 Å². The van der Waals surface area contributed by atoms with Crippen molar-refractivity contribution in [1.82, 2.24) is 25.5 Å². The van der Waals surface area contributed by atoms with E-state index in [0.717, 1.165) is 0 Å². The largest absolute Gasteiger partial charge is 0.338 e. The summed E-state index contributed by atoms with van der Waals surface area (Å²) in [5, 5.41) is 15.3. The molecule has 0 spiro atoms. The highest BCUT2D eigenvalue weighted by Gasteiger charge is 2.34. The van der Waals surface area contributed by atoms with E-state index in [1.807, 2.05) is 0 Å². The molecular weight excluding hydrogens is 291 g/mol. The first-order valence-corrected chi connectivity index (χ1v) is 6.68. The van der Waals surface area contributed by atoms with Crippen molar-refractivity contribution in [2.24, 2.45) is 5.92 Å². The number of hydrogen-bond donors (Lipinski definition) is 2. The predicted molar refractivity (Wildman–Crippen MR) is 72.7 cm³/mol. The second-order valence-corrected chi connectivity index (χ2v) is 5.03. The van der Waals surface area contributed by atoms with Crippen molar-refractivity contribution in [2.75, 3.05) is 11.9 Å². The number of aromatic amines is 1. The van der Waals surface area contributed by atoms with Gasteiger partial charge in [0.05, 0.1) is 5.92 Å². The van der Waals surface area contributed by atoms with Crippen molar-refractivity contribution in [1.29, 1.82) is 0 Å². The van der Waals surface area contributed by atoms with Crippen molar-refractivity contribution < 1.29 is 14.0 Å². The lowest BCUT2D eigenvalue weighted by molar-refractivity contribution is -0.128. The Morgan fingerprint density at radius 1 is 1.50 bits per heavy atom. The normalized spacial score (nSPS) is 17.8. The molecule has 9 heteroatoms. The summed E-state index contributed by atoms with van der Waals surface area (Å²) in [6, 6.07) is 6.05. The number of hydrogen-bond acceptors (Lipinski definition) is 5. The number of amides is 2. The van der Waals surface area contributed by atoms with Crippen molar-refractivity contribution in [2.45, 2.75) is 13.0 Å². The van der Waals surface area contributed by atoms with Crippen molar-refractivity contribution in [3.63, 3.8) is 0 Å². The van der Waals surface area contributed by atoms with Crippen LogP contribution >= 0.6 is 0 Å². The van der Waals surface area contributed by atoms with Gasteiger partial charge in [-0.3, -0.25) is 14.9 Å². The molecular formula is C13H13FN6O2. The summed E-state index contributed by atoms with van der Waals surface area (Å²) in [7, 11) is 0. The Kier molecular flexibility index (Phi) is 3.77. The standard InChI is InChI=1S/C13H13FN6O2/c14-10-3-1-2-8(4-10)6-20-7-9(5-11(20)21)12(22)15-13-16-18-19-17-13/h1-4,9H,5-7H2,(H2,15,16,17,18,19,22)/t9-/m1/s1. The van der Waals surface area contributed by atoms with Gasteiger partial charge in [-0.25, -0.2) is 4.39 Å². The maximum atomic E-state index is 13.2. The molecule has 1 aliphatic rings. The molecule has 0 unspecified atom stereocenters. The maximum Gasteiger partial charge on any atom is 0.269 e. The van der Waals surface area contributed by atoms with Crippen LogP contribution in [0.2, 0.25) is 0 Å². The predicted octanol–water partition coefficient (Wildman–Crippen LogP) is 0.326. The summed E-state index contributed by atoms with van der Waals surface area (Å²) in [5.74, 6) is -1.25. The molecule has 8 nitrogen and oxygen atoms in total. The molecule has 2 N–H and O–H groups in total. The first-order chi connectivity index (χ1) is 10.6. The van der Waals surface area contributed by atoms with Gasteiger partial charge in [0.15, 0.2) is 0 Å². The first-order valence-electron chi connectivity index (χ1n) is 6.68. The molecule has 1 fully saturated rings. The van der Waals surface area contributed by atoms with Crippen molar-refractivity contribution >= 4 is 17.8 Å². The second kappa shape index (κ2) is 5.88. The van der Waals surface area contributed by atoms with Gasteiger partial charge < -0.3 is 4.90 Å². The number of benzene rings is 1. The van der Waals surface area contributed by atoms with Gasteiger partial charge in [0.1, 0.15) is 5.82 Å². The highest BCUT2D eigenvalue weighted by atomic mass is 19.1. The Bertz CT molecular complexity index is 690. The van der Waals surface area contributed by atoms with Crippen LogP contribution < -0.4 is 5.32 Å². The number of nitrogens with one attached hydrogen (secondary N) is 2. The Balaban J connectivity index is 1.62. The van der Waals surface area contributed by atoms with Crippen molar-refractivity contribution in [3.05, 3.63) is 35.6 Å². The molecule has 1 aromatic carbocycles. The van der Waals surface area contributed by atoms with E-state index < -0.39 is 5.92 Å². The minimum Gasteiger partial charge on any atom is -0.338 e. The number of aromatic nitrogens is 4. The van der Waals surface area contributed by atoms with Gasteiger partial charge in [-0.1, -0.05) is 17.2 Å². The van der Waals surface area contributed by atoms with Crippen LogP contribution in [0.1, 0.15) is 12.0 Å². The fourth-order valence-corrected chi connectivity index (χ4v) is 2.38. The molecule has 0 bridgehead atoms.